The normalized spacial score (nSPS) is 12.2. The third-order valence-corrected chi connectivity index (χ3v) is 3.80. The molecule has 1 aromatic heterocycles. The SMILES string of the molecule is C[C@H](CO)Nc1nc(SCc2ccc(F)c(F)c2)[nH]c(=O)c1F. The van der Waals surface area contributed by atoms with Gasteiger partial charge >= 0.3 is 0 Å². The topological polar surface area (TPSA) is 78.0 Å². The van der Waals surface area contributed by atoms with Crippen molar-refractivity contribution in [1.29, 1.82) is 0 Å². The molecule has 1 aromatic carbocycles. The Morgan fingerprint density at radius 2 is 2.09 bits per heavy atom. The van der Waals surface area contributed by atoms with Gasteiger partial charge in [0.15, 0.2) is 22.6 Å². The van der Waals surface area contributed by atoms with E-state index in [2.05, 4.69) is 15.3 Å². The first-order valence-corrected chi connectivity index (χ1v) is 7.63. The maximum absolute atomic E-state index is 13.7. The van der Waals surface area contributed by atoms with E-state index in [4.69, 9.17) is 5.11 Å². The average molecular weight is 345 g/mol. The largest absolute Gasteiger partial charge is 0.394 e. The first-order valence-electron chi connectivity index (χ1n) is 6.64. The minimum atomic E-state index is -1.08. The third-order valence-electron chi connectivity index (χ3n) is 2.86. The van der Waals surface area contributed by atoms with Gasteiger partial charge in [0.2, 0.25) is 5.82 Å². The molecule has 3 N–H and O–H groups in total. The summed E-state index contributed by atoms with van der Waals surface area (Å²) >= 11 is 1.03. The van der Waals surface area contributed by atoms with E-state index in [0.29, 0.717) is 5.56 Å². The number of nitrogens with zero attached hydrogens (tertiary/aromatic N) is 1. The van der Waals surface area contributed by atoms with Gasteiger partial charge in [-0.1, -0.05) is 17.8 Å². The Bertz CT molecular complexity index is 755. The number of hydrogen-bond donors (Lipinski definition) is 3. The second kappa shape index (κ2) is 7.51. The highest BCUT2D eigenvalue weighted by Crippen LogP contribution is 2.21. The van der Waals surface area contributed by atoms with Crippen LogP contribution in [0.3, 0.4) is 0 Å². The fourth-order valence-electron chi connectivity index (χ4n) is 1.66. The molecule has 0 radical (unpaired) electrons. The molecule has 9 heteroatoms. The second-order valence-electron chi connectivity index (χ2n) is 4.80. The molecule has 0 saturated carbocycles. The summed E-state index contributed by atoms with van der Waals surface area (Å²) in [5, 5.41) is 11.7. The Balaban J connectivity index is 2.16. The average Bonchev–Trinajstić information content (AvgIpc) is 2.52. The summed E-state index contributed by atoms with van der Waals surface area (Å²) in [6, 6.07) is 2.96. The summed E-state index contributed by atoms with van der Waals surface area (Å²) in [5.74, 6) is -3.06. The van der Waals surface area contributed by atoms with Gasteiger partial charge in [-0.25, -0.2) is 13.8 Å². The molecule has 5 nitrogen and oxygen atoms in total. The number of hydrogen-bond acceptors (Lipinski definition) is 5. The van der Waals surface area contributed by atoms with Crippen molar-refractivity contribution in [2.75, 3.05) is 11.9 Å². The molecular formula is C14H14F3N3O2S. The molecule has 0 saturated heterocycles. The number of aliphatic hydroxyl groups is 1. The monoisotopic (exact) mass is 345 g/mol. The lowest BCUT2D eigenvalue weighted by Gasteiger charge is -2.12. The molecule has 1 atom stereocenters. The van der Waals surface area contributed by atoms with E-state index >= 15 is 0 Å². The van der Waals surface area contributed by atoms with Gasteiger partial charge in [0, 0.05) is 11.8 Å². The van der Waals surface area contributed by atoms with Crippen molar-refractivity contribution in [2.45, 2.75) is 23.9 Å². The lowest BCUT2D eigenvalue weighted by atomic mass is 10.2. The fourth-order valence-corrected chi connectivity index (χ4v) is 2.47. The molecule has 0 spiro atoms. The molecular weight excluding hydrogens is 331 g/mol. The number of rotatable bonds is 6. The van der Waals surface area contributed by atoms with Crippen LogP contribution in [0.4, 0.5) is 19.0 Å². The fraction of sp³-hybridized carbons (Fsp3) is 0.286. The van der Waals surface area contributed by atoms with Crippen molar-refractivity contribution < 1.29 is 18.3 Å². The zero-order chi connectivity index (χ0) is 17.0. The molecule has 124 valence electrons. The van der Waals surface area contributed by atoms with Crippen molar-refractivity contribution in [1.82, 2.24) is 9.97 Å². The van der Waals surface area contributed by atoms with Crippen LogP contribution >= 0.6 is 11.8 Å². The van der Waals surface area contributed by atoms with Gasteiger partial charge in [0.1, 0.15) is 0 Å². The first-order chi connectivity index (χ1) is 10.9. The molecule has 0 amide bonds. The third kappa shape index (κ3) is 4.49. The number of nitrogens with one attached hydrogen (secondary N) is 2. The summed E-state index contributed by atoms with van der Waals surface area (Å²) in [5.41, 5.74) is -0.473. The predicted octanol–water partition coefficient (Wildman–Crippen LogP) is 2.27. The highest BCUT2D eigenvalue weighted by Gasteiger charge is 2.14. The van der Waals surface area contributed by atoms with Crippen LogP contribution in [0.2, 0.25) is 0 Å². The van der Waals surface area contributed by atoms with Crippen molar-refractivity contribution in [3.05, 3.63) is 51.6 Å². The molecule has 23 heavy (non-hydrogen) atoms. The summed E-state index contributed by atoms with van der Waals surface area (Å²) in [6.45, 7) is 1.33. The van der Waals surface area contributed by atoms with Gasteiger partial charge in [-0.05, 0) is 24.6 Å². The molecule has 0 aliphatic rings. The van der Waals surface area contributed by atoms with E-state index < -0.39 is 29.1 Å². The highest BCUT2D eigenvalue weighted by molar-refractivity contribution is 7.98. The Morgan fingerprint density at radius 1 is 1.35 bits per heavy atom. The van der Waals surface area contributed by atoms with Crippen LogP contribution in [-0.2, 0) is 5.75 Å². The number of halogens is 3. The van der Waals surface area contributed by atoms with Crippen LogP contribution in [0.15, 0.2) is 28.2 Å². The van der Waals surface area contributed by atoms with Crippen LogP contribution < -0.4 is 10.9 Å². The first kappa shape index (κ1) is 17.4. The second-order valence-corrected chi connectivity index (χ2v) is 5.76. The number of H-pyrrole nitrogens is 1. The van der Waals surface area contributed by atoms with Gasteiger partial charge in [0.25, 0.3) is 5.56 Å². The molecule has 0 bridgehead atoms. The van der Waals surface area contributed by atoms with Crippen LogP contribution in [0, 0.1) is 17.5 Å². The molecule has 0 fully saturated rings. The van der Waals surface area contributed by atoms with E-state index in [9.17, 15) is 18.0 Å². The standard InChI is InChI=1S/C14H14F3N3O2S/c1-7(5-21)18-12-11(17)13(22)20-14(19-12)23-6-8-2-3-9(15)10(16)4-8/h2-4,7,21H,5-6H2,1H3,(H2,18,19,20,22)/t7-/m1/s1. The number of aliphatic hydroxyl groups excluding tert-OH is 1. The number of anilines is 1. The van der Waals surface area contributed by atoms with E-state index in [1.807, 2.05) is 0 Å². The molecule has 2 aromatic rings. The van der Waals surface area contributed by atoms with Crippen molar-refractivity contribution in [3.63, 3.8) is 0 Å². The van der Waals surface area contributed by atoms with E-state index in [-0.39, 0.29) is 23.3 Å². The summed E-state index contributed by atoms with van der Waals surface area (Å²) < 4.78 is 39.7. The Kier molecular flexibility index (Phi) is 5.67. The van der Waals surface area contributed by atoms with E-state index in [0.717, 1.165) is 23.9 Å². The number of aromatic amines is 1. The smallest absolute Gasteiger partial charge is 0.289 e. The number of benzene rings is 1. The van der Waals surface area contributed by atoms with Crippen LogP contribution in [0.5, 0.6) is 0 Å². The van der Waals surface area contributed by atoms with Gasteiger partial charge in [-0.15, -0.1) is 0 Å². The molecule has 0 aliphatic carbocycles. The van der Waals surface area contributed by atoms with Crippen LogP contribution in [0.1, 0.15) is 12.5 Å². The van der Waals surface area contributed by atoms with Gasteiger partial charge in [0.05, 0.1) is 6.61 Å². The van der Waals surface area contributed by atoms with Gasteiger partial charge < -0.3 is 10.4 Å². The lowest BCUT2D eigenvalue weighted by molar-refractivity contribution is 0.281. The maximum Gasteiger partial charge on any atom is 0.289 e. The highest BCUT2D eigenvalue weighted by atomic mass is 32.2. The summed E-state index contributed by atoms with van der Waals surface area (Å²) in [7, 11) is 0. The summed E-state index contributed by atoms with van der Waals surface area (Å²) in [4.78, 5) is 17.7. The Hall–Kier alpha value is -2.00. The zero-order valence-electron chi connectivity index (χ0n) is 12.1. The van der Waals surface area contributed by atoms with Crippen LogP contribution in [0.25, 0.3) is 0 Å². The lowest BCUT2D eigenvalue weighted by Crippen LogP contribution is -2.24. The quantitative estimate of drug-likeness (QED) is 0.553. The minimum absolute atomic E-state index is 0.119. The van der Waals surface area contributed by atoms with Gasteiger partial charge in [-0.3, -0.25) is 9.78 Å². The Labute approximate surface area is 134 Å². The van der Waals surface area contributed by atoms with Gasteiger partial charge in [-0.2, -0.15) is 4.39 Å². The predicted molar refractivity (Wildman–Crippen MR) is 80.9 cm³/mol. The van der Waals surface area contributed by atoms with E-state index in [1.54, 1.807) is 6.92 Å². The molecule has 1 heterocycles. The minimum Gasteiger partial charge on any atom is -0.394 e. The maximum atomic E-state index is 13.7. The number of aromatic nitrogens is 2. The van der Waals surface area contributed by atoms with Crippen molar-refractivity contribution in [2.24, 2.45) is 0 Å². The number of thioether (sulfide) groups is 1. The zero-order valence-corrected chi connectivity index (χ0v) is 12.9. The summed E-state index contributed by atoms with van der Waals surface area (Å²) in [6.07, 6.45) is 0. The van der Waals surface area contributed by atoms with Crippen molar-refractivity contribution in [3.8, 4) is 0 Å². The molecule has 0 unspecified atom stereocenters. The van der Waals surface area contributed by atoms with E-state index in [1.165, 1.54) is 6.07 Å². The van der Waals surface area contributed by atoms with Crippen molar-refractivity contribution >= 4 is 17.6 Å². The van der Waals surface area contributed by atoms with Crippen LogP contribution in [-0.4, -0.2) is 27.7 Å². The molecule has 0 aliphatic heterocycles. The molecule has 2 rings (SSSR count). The Morgan fingerprint density at radius 3 is 2.74 bits per heavy atom.